The zero-order valence-electron chi connectivity index (χ0n) is 17.8. The number of nitrogens with one attached hydrogen (secondary N) is 2. The summed E-state index contributed by atoms with van der Waals surface area (Å²) in [5.74, 6) is 1.02. The molecular formula is C23H29ClFN5S. The van der Waals surface area contributed by atoms with E-state index >= 15 is 0 Å². The molecule has 4 rings (SSSR count). The molecule has 2 heterocycles. The third-order valence-electron chi connectivity index (χ3n) is 6.61. The molecule has 1 aliphatic carbocycles. The van der Waals surface area contributed by atoms with Crippen molar-refractivity contribution in [2.24, 2.45) is 0 Å². The van der Waals surface area contributed by atoms with Crippen LogP contribution < -0.4 is 15.5 Å². The van der Waals surface area contributed by atoms with Crippen LogP contribution in [-0.2, 0) is 5.41 Å². The quantitative estimate of drug-likeness (QED) is 0.456. The summed E-state index contributed by atoms with van der Waals surface area (Å²) in [4.78, 5) is 11.2. The van der Waals surface area contributed by atoms with Gasteiger partial charge in [-0.15, -0.1) is 0 Å². The van der Waals surface area contributed by atoms with Crippen molar-refractivity contribution >= 4 is 40.7 Å². The van der Waals surface area contributed by atoms with Gasteiger partial charge >= 0.3 is 0 Å². The number of benzene rings is 1. The number of halogens is 2. The van der Waals surface area contributed by atoms with Crippen molar-refractivity contribution in [2.75, 3.05) is 23.3 Å². The van der Waals surface area contributed by atoms with Crippen LogP contribution in [0.2, 0.25) is 5.15 Å². The van der Waals surface area contributed by atoms with E-state index in [0.29, 0.717) is 28.8 Å². The van der Waals surface area contributed by atoms with Gasteiger partial charge in [-0.3, -0.25) is 0 Å². The molecule has 1 aromatic carbocycles. The normalized spacial score (nSPS) is 20.5. The number of rotatable bonds is 5. The van der Waals surface area contributed by atoms with Crippen LogP contribution >= 0.6 is 23.8 Å². The Morgan fingerprint density at radius 2 is 1.94 bits per heavy atom. The van der Waals surface area contributed by atoms with Gasteiger partial charge in [0, 0.05) is 30.6 Å². The average Bonchev–Trinajstić information content (AvgIpc) is 3.23. The van der Waals surface area contributed by atoms with E-state index < -0.39 is 0 Å². The summed E-state index contributed by atoms with van der Waals surface area (Å²) >= 11 is 11.8. The number of hydrogen-bond acceptors (Lipinski definition) is 4. The maximum Gasteiger partial charge on any atom is 0.232 e. The first-order chi connectivity index (χ1) is 14.9. The van der Waals surface area contributed by atoms with E-state index in [1.165, 1.54) is 18.6 Å². The molecule has 0 spiro atoms. The van der Waals surface area contributed by atoms with Gasteiger partial charge in [0.1, 0.15) is 16.8 Å². The first kappa shape index (κ1) is 22.2. The second kappa shape index (κ2) is 9.65. The van der Waals surface area contributed by atoms with E-state index in [2.05, 4.69) is 32.4 Å². The van der Waals surface area contributed by atoms with Gasteiger partial charge in [0.15, 0.2) is 5.11 Å². The second-order valence-corrected chi connectivity index (χ2v) is 9.51. The maximum absolute atomic E-state index is 13.4. The van der Waals surface area contributed by atoms with E-state index in [1.807, 2.05) is 18.2 Å². The Morgan fingerprint density at radius 3 is 2.65 bits per heavy atom. The summed E-state index contributed by atoms with van der Waals surface area (Å²) in [5, 5.41) is 7.31. The molecule has 0 amide bonds. The van der Waals surface area contributed by atoms with Gasteiger partial charge in [0.2, 0.25) is 5.95 Å². The number of hydrogen-bond donors (Lipinski definition) is 2. The van der Waals surface area contributed by atoms with Crippen molar-refractivity contribution < 1.29 is 4.39 Å². The third kappa shape index (κ3) is 5.26. The zero-order chi connectivity index (χ0) is 21.8. The van der Waals surface area contributed by atoms with Crippen molar-refractivity contribution in [3.63, 3.8) is 0 Å². The lowest BCUT2D eigenvalue weighted by Crippen LogP contribution is -2.41. The summed E-state index contributed by atoms with van der Waals surface area (Å²) in [6.45, 7) is 3.86. The van der Waals surface area contributed by atoms with Gasteiger partial charge in [0.25, 0.3) is 0 Å². The van der Waals surface area contributed by atoms with Crippen molar-refractivity contribution in [3.8, 4) is 0 Å². The average molecular weight is 462 g/mol. The number of aromatic nitrogens is 2. The molecule has 1 unspecified atom stereocenters. The zero-order valence-corrected chi connectivity index (χ0v) is 19.4. The van der Waals surface area contributed by atoms with E-state index in [0.717, 1.165) is 56.5 Å². The molecule has 1 saturated heterocycles. The van der Waals surface area contributed by atoms with E-state index in [1.54, 1.807) is 0 Å². The van der Waals surface area contributed by atoms with Crippen LogP contribution in [0.5, 0.6) is 0 Å². The van der Waals surface area contributed by atoms with E-state index in [4.69, 9.17) is 23.8 Å². The summed E-state index contributed by atoms with van der Waals surface area (Å²) < 4.78 is 13.4. The topological polar surface area (TPSA) is 53.1 Å². The van der Waals surface area contributed by atoms with Crippen molar-refractivity contribution in [1.82, 2.24) is 15.3 Å². The number of thiocarbonyl (C=S) groups is 1. The third-order valence-corrected chi connectivity index (χ3v) is 7.05. The standard InChI is InChI=1S/C23H29ClFN5S/c1-16-6-2-5-13-30(16)20-14-19(24)27-21(28-20)29-22(31)26-15-23(11-3-4-12-23)17-7-9-18(25)10-8-17/h7-10,14,16H,2-6,11-13,15H2,1H3,(H2,26,27,28,29,31). The van der Waals surface area contributed by atoms with Gasteiger partial charge in [-0.25, -0.2) is 9.37 Å². The van der Waals surface area contributed by atoms with Crippen molar-refractivity contribution in [1.29, 1.82) is 0 Å². The van der Waals surface area contributed by atoms with Crippen LogP contribution in [0, 0.1) is 5.82 Å². The molecule has 0 radical (unpaired) electrons. The van der Waals surface area contributed by atoms with Crippen LogP contribution in [0.3, 0.4) is 0 Å². The largest absolute Gasteiger partial charge is 0.361 e. The summed E-state index contributed by atoms with van der Waals surface area (Å²) in [6.07, 6.45) is 7.97. The summed E-state index contributed by atoms with van der Waals surface area (Å²) in [6, 6.07) is 9.10. The van der Waals surface area contributed by atoms with Crippen LogP contribution in [0.1, 0.15) is 57.4 Å². The van der Waals surface area contributed by atoms with Crippen LogP contribution in [-0.4, -0.2) is 34.2 Å². The summed E-state index contributed by atoms with van der Waals surface area (Å²) in [7, 11) is 0. The number of nitrogens with zero attached hydrogens (tertiary/aromatic N) is 3. The molecule has 31 heavy (non-hydrogen) atoms. The Morgan fingerprint density at radius 1 is 1.19 bits per heavy atom. The molecule has 1 atom stereocenters. The maximum atomic E-state index is 13.4. The predicted octanol–water partition coefficient (Wildman–Crippen LogP) is 5.45. The Balaban J connectivity index is 1.43. The molecule has 2 aromatic rings. The lowest BCUT2D eigenvalue weighted by Gasteiger charge is -2.34. The molecule has 2 fully saturated rings. The Hall–Kier alpha value is -1.99. The Kier molecular flexibility index (Phi) is 6.92. The fourth-order valence-electron chi connectivity index (χ4n) is 4.87. The monoisotopic (exact) mass is 461 g/mol. The van der Waals surface area contributed by atoms with Crippen molar-refractivity contribution in [2.45, 2.75) is 63.3 Å². The van der Waals surface area contributed by atoms with Crippen LogP contribution in [0.4, 0.5) is 16.2 Å². The molecule has 0 bridgehead atoms. The Bertz CT molecular complexity index is 917. The second-order valence-electron chi connectivity index (χ2n) is 8.71. The van der Waals surface area contributed by atoms with Crippen LogP contribution in [0.15, 0.2) is 30.3 Å². The van der Waals surface area contributed by atoms with Gasteiger partial charge in [-0.2, -0.15) is 4.98 Å². The Labute approximate surface area is 193 Å². The number of anilines is 2. The van der Waals surface area contributed by atoms with Gasteiger partial charge < -0.3 is 15.5 Å². The molecule has 5 nitrogen and oxygen atoms in total. The molecule has 1 aliphatic heterocycles. The minimum Gasteiger partial charge on any atom is -0.361 e. The molecule has 166 valence electrons. The van der Waals surface area contributed by atoms with E-state index in [9.17, 15) is 4.39 Å². The fourth-order valence-corrected chi connectivity index (χ4v) is 5.21. The van der Waals surface area contributed by atoms with Gasteiger partial charge in [-0.1, -0.05) is 36.6 Å². The molecular weight excluding hydrogens is 433 g/mol. The molecule has 1 saturated carbocycles. The highest BCUT2D eigenvalue weighted by molar-refractivity contribution is 7.80. The fraction of sp³-hybridized carbons (Fsp3) is 0.522. The highest BCUT2D eigenvalue weighted by Crippen LogP contribution is 2.40. The molecule has 2 aliphatic rings. The predicted molar refractivity (Wildman–Crippen MR) is 128 cm³/mol. The molecule has 1 aromatic heterocycles. The van der Waals surface area contributed by atoms with E-state index in [-0.39, 0.29) is 11.2 Å². The van der Waals surface area contributed by atoms with Gasteiger partial charge in [-0.05, 0) is 68.9 Å². The van der Waals surface area contributed by atoms with Crippen LogP contribution in [0.25, 0.3) is 0 Å². The van der Waals surface area contributed by atoms with Gasteiger partial charge in [0.05, 0.1) is 0 Å². The lowest BCUT2D eigenvalue weighted by molar-refractivity contribution is 0.434. The smallest absolute Gasteiger partial charge is 0.232 e. The minimum absolute atomic E-state index is 0.0387. The SMILES string of the molecule is CC1CCCCN1c1cc(Cl)nc(NC(=S)NCC2(c3ccc(F)cc3)CCCC2)n1. The highest BCUT2D eigenvalue weighted by atomic mass is 35.5. The first-order valence-electron chi connectivity index (χ1n) is 11.1. The minimum atomic E-state index is -0.209. The molecule has 8 heteroatoms. The summed E-state index contributed by atoms with van der Waals surface area (Å²) in [5.41, 5.74) is 1.12. The number of piperidine rings is 1. The van der Waals surface area contributed by atoms with Crippen molar-refractivity contribution in [3.05, 3.63) is 46.9 Å². The lowest BCUT2D eigenvalue weighted by atomic mass is 9.79. The first-order valence-corrected chi connectivity index (χ1v) is 11.9. The molecule has 2 N–H and O–H groups in total. The highest BCUT2D eigenvalue weighted by Gasteiger charge is 2.35.